The molecule has 1 rings (SSSR count). The van der Waals surface area contributed by atoms with E-state index in [9.17, 15) is 4.79 Å². The Morgan fingerprint density at radius 1 is 1.50 bits per heavy atom. The molecule has 0 saturated heterocycles. The Balaban J connectivity index is 0.00000169. The summed E-state index contributed by atoms with van der Waals surface area (Å²) in [4.78, 5) is 15.3. The van der Waals surface area contributed by atoms with Crippen molar-refractivity contribution in [3.05, 3.63) is 30.1 Å². The summed E-state index contributed by atoms with van der Waals surface area (Å²) >= 11 is 0. The normalized spacial score (nSPS) is 11.3. The van der Waals surface area contributed by atoms with Crippen molar-refractivity contribution in [1.82, 2.24) is 10.3 Å². The molecule has 1 aromatic rings. The number of nitrogens with one attached hydrogen (secondary N) is 1. The maximum Gasteiger partial charge on any atom is 0.251 e. The minimum absolute atomic E-state index is 0. The Bertz CT molecular complexity index is 277. The molecule has 0 saturated carbocycles. The van der Waals surface area contributed by atoms with Gasteiger partial charge in [-0.2, -0.15) is 0 Å². The third-order valence-corrected chi connectivity index (χ3v) is 1.93. The summed E-state index contributed by atoms with van der Waals surface area (Å²) in [7, 11) is 0. The van der Waals surface area contributed by atoms with E-state index in [2.05, 4.69) is 10.3 Å². The van der Waals surface area contributed by atoms with Crippen LogP contribution in [0.2, 0.25) is 0 Å². The van der Waals surface area contributed by atoms with Gasteiger partial charge in [-0.3, -0.25) is 9.78 Å². The van der Waals surface area contributed by atoms with Crippen LogP contribution in [-0.2, 0) is 0 Å². The molecule has 1 N–H and O–H groups in total. The quantitative estimate of drug-likeness (QED) is 0.837. The third kappa shape index (κ3) is 3.75. The van der Waals surface area contributed by atoms with Crippen LogP contribution < -0.4 is 5.32 Å². The van der Waals surface area contributed by atoms with Gasteiger partial charge in [0.2, 0.25) is 0 Å². The number of aromatic nitrogens is 1. The van der Waals surface area contributed by atoms with E-state index in [1.807, 2.05) is 13.8 Å². The average Bonchev–Trinajstić information content (AvgIpc) is 2.19. The number of nitrogens with zero attached hydrogens (tertiary/aromatic N) is 1. The SMILES string of the molecule is CCC(C)NC(=O)c1ccncc1.Cl. The van der Waals surface area contributed by atoms with Gasteiger partial charge < -0.3 is 5.32 Å². The lowest BCUT2D eigenvalue weighted by atomic mass is 10.2. The molecule has 0 fully saturated rings. The first kappa shape index (κ1) is 12.9. The smallest absolute Gasteiger partial charge is 0.251 e. The zero-order valence-corrected chi connectivity index (χ0v) is 9.17. The van der Waals surface area contributed by atoms with Crippen LogP contribution in [0.1, 0.15) is 30.6 Å². The molecule has 1 aromatic heterocycles. The molecule has 1 heterocycles. The highest BCUT2D eigenvalue weighted by Crippen LogP contribution is 1.97. The molecule has 14 heavy (non-hydrogen) atoms. The van der Waals surface area contributed by atoms with E-state index in [0.29, 0.717) is 5.56 Å². The van der Waals surface area contributed by atoms with Gasteiger partial charge in [0.1, 0.15) is 0 Å². The van der Waals surface area contributed by atoms with Crippen molar-refractivity contribution in [1.29, 1.82) is 0 Å². The van der Waals surface area contributed by atoms with Crippen molar-refractivity contribution < 1.29 is 4.79 Å². The van der Waals surface area contributed by atoms with Crippen LogP contribution in [0, 0.1) is 0 Å². The molecule has 78 valence electrons. The molecular weight excluding hydrogens is 200 g/mol. The molecule has 3 nitrogen and oxygen atoms in total. The molecular formula is C10H15ClN2O. The van der Waals surface area contributed by atoms with Gasteiger partial charge in [-0.05, 0) is 25.5 Å². The fraction of sp³-hybridized carbons (Fsp3) is 0.400. The molecule has 0 aliphatic heterocycles. The first-order valence-corrected chi connectivity index (χ1v) is 4.45. The number of pyridine rings is 1. The predicted molar refractivity (Wildman–Crippen MR) is 58.7 cm³/mol. The van der Waals surface area contributed by atoms with Crippen molar-refractivity contribution in [2.24, 2.45) is 0 Å². The average molecular weight is 215 g/mol. The standard InChI is InChI=1S/C10H14N2O.ClH/c1-3-8(2)12-10(13)9-4-6-11-7-5-9;/h4-8H,3H2,1-2H3,(H,12,13);1H. The van der Waals surface area contributed by atoms with Crippen molar-refractivity contribution in [2.45, 2.75) is 26.3 Å². The van der Waals surface area contributed by atoms with Gasteiger partial charge >= 0.3 is 0 Å². The molecule has 0 aliphatic rings. The van der Waals surface area contributed by atoms with E-state index >= 15 is 0 Å². The number of rotatable bonds is 3. The minimum Gasteiger partial charge on any atom is -0.350 e. The zero-order valence-electron chi connectivity index (χ0n) is 8.36. The maximum absolute atomic E-state index is 11.5. The van der Waals surface area contributed by atoms with Crippen molar-refractivity contribution in [2.75, 3.05) is 0 Å². The third-order valence-electron chi connectivity index (χ3n) is 1.93. The molecule has 1 atom stereocenters. The van der Waals surface area contributed by atoms with Crippen LogP contribution in [0.3, 0.4) is 0 Å². The number of halogens is 1. The Morgan fingerprint density at radius 3 is 2.57 bits per heavy atom. The molecule has 0 aromatic carbocycles. The van der Waals surface area contributed by atoms with E-state index in [4.69, 9.17) is 0 Å². The van der Waals surface area contributed by atoms with Crippen LogP contribution in [0.5, 0.6) is 0 Å². The number of amides is 1. The summed E-state index contributed by atoms with van der Waals surface area (Å²) in [6, 6.07) is 3.63. The fourth-order valence-electron chi connectivity index (χ4n) is 0.912. The maximum atomic E-state index is 11.5. The van der Waals surface area contributed by atoms with Gasteiger partial charge in [0.05, 0.1) is 0 Å². The van der Waals surface area contributed by atoms with Crippen molar-refractivity contribution in [3.63, 3.8) is 0 Å². The lowest BCUT2D eigenvalue weighted by molar-refractivity contribution is 0.0939. The van der Waals surface area contributed by atoms with Crippen molar-refractivity contribution >= 4 is 18.3 Å². The monoisotopic (exact) mass is 214 g/mol. The number of carbonyl (C=O) groups excluding carboxylic acids is 1. The zero-order chi connectivity index (χ0) is 9.68. The predicted octanol–water partition coefficient (Wildman–Crippen LogP) is 2.03. The van der Waals surface area contributed by atoms with Crippen LogP contribution >= 0.6 is 12.4 Å². The summed E-state index contributed by atoms with van der Waals surface area (Å²) in [6.45, 7) is 4.02. The topological polar surface area (TPSA) is 42.0 Å². The molecule has 0 bridgehead atoms. The summed E-state index contributed by atoms with van der Waals surface area (Å²) in [5.41, 5.74) is 0.662. The van der Waals surface area contributed by atoms with Gasteiger partial charge in [0.15, 0.2) is 0 Å². The number of hydrogen-bond acceptors (Lipinski definition) is 2. The highest BCUT2D eigenvalue weighted by molar-refractivity contribution is 5.94. The molecule has 1 unspecified atom stereocenters. The number of carbonyl (C=O) groups is 1. The van der Waals surface area contributed by atoms with Gasteiger partial charge in [0, 0.05) is 24.0 Å². The second-order valence-electron chi connectivity index (χ2n) is 3.02. The molecule has 0 spiro atoms. The van der Waals surface area contributed by atoms with Gasteiger partial charge in [-0.25, -0.2) is 0 Å². The van der Waals surface area contributed by atoms with Crippen LogP contribution in [-0.4, -0.2) is 16.9 Å². The second-order valence-corrected chi connectivity index (χ2v) is 3.02. The molecule has 4 heteroatoms. The molecule has 0 aliphatic carbocycles. The van der Waals surface area contributed by atoms with E-state index in [1.54, 1.807) is 24.5 Å². The van der Waals surface area contributed by atoms with Crippen molar-refractivity contribution in [3.8, 4) is 0 Å². The first-order chi connectivity index (χ1) is 6.24. The summed E-state index contributed by atoms with van der Waals surface area (Å²) in [6.07, 6.45) is 4.17. The minimum atomic E-state index is -0.0308. The highest BCUT2D eigenvalue weighted by Gasteiger charge is 2.06. The Hall–Kier alpha value is -1.09. The molecule has 1 amide bonds. The summed E-state index contributed by atoms with van der Waals surface area (Å²) in [5.74, 6) is -0.0308. The number of hydrogen-bond donors (Lipinski definition) is 1. The Morgan fingerprint density at radius 2 is 2.07 bits per heavy atom. The molecule has 0 radical (unpaired) electrons. The first-order valence-electron chi connectivity index (χ1n) is 4.45. The largest absolute Gasteiger partial charge is 0.350 e. The van der Waals surface area contributed by atoms with E-state index < -0.39 is 0 Å². The van der Waals surface area contributed by atoms with Crippen LogP contribution in [0.4, 0.5) is 0 Å². The Kier molecular flexibility index (Phi) is 5.88. The lowest BCUT2D eigenvalue weighted by Gasteiger charge is -2.10. The van der Waals surface area contributed by atoms with E-state index in [1.165, 1.54) is 0 Å². The van der Waals surface area contributed by atoms with Gasteiger partial charge in [-0.15, -0.1) is 12.4 Å². The Labute approximate surface area is 90.3 Å². The second kappa shape index (κ2) is 6.38. The van der Waals surface area contributed by atoms with Crippen LogP contribution in [0.15, 0.2) is 24.5 Å². The fourth-order valence-corrected chi connectivity index (χ4v) is 0.912. The lowest BCUT2D eigenvalue weighted by Crippen LogP contribution is -2.31. The van der Waals surface area contributed by atoms with E-state index in [-0.39, 0.29) is 24.4 Å². The van der Waals surface area contributed by atoms with E-state index in [0.717, 1.165) is 6.42 Å². The highest BCUT2D eigenvalue weighted by atomic mass is 35.5. The summed E-state index contributed by atoms with van der Waals surface area (Å²) in [5, 5.41) is 2.88. The van der Waals surface area contributed by atoms with Crippen LogP contribution in [0.25, 0.3) is 0 Å². The van der Waals surface area contributed by atoms with Gasteiger partial charge in [-0.1, -0.05) is 6.92 Å². The van der Waals surface area contributed by atoms with Gasteiger partial charge in [0.25, 0.3) is 5.91 Å². The summed E-state index contributed by atoms with van der Waals surface area (Å²) < 4.78 is 0.